The molecule has 1 unspecified atom stereocenters. The standard InChI is InChI=1S/C11H14INO2/c1-8-2-3-10(11(12)13-8)15-7-9-4-5-14-6-9/h2-3,9H,4-7H2,1H3. The Morgan fingerprint density at radius 2 is 2.47 bits per heavy atom. The Balaban J connectivity index is 1.92. The normalized spacial score (nSPS) is 20.5. The molecule has 0 saturated carbocycles. The highest BCUT2D eigenvalue weighted by molar-refractivity contribution is 14.1. The zero-order valence-electron chi connectivity index (χ0n) is 8.70. The first-order valence-electron chi connectivity index (χ1n) is 5.09. The summed E-state index contributed by atoms with van der Waals surface area (Å²) in [5, 5.41) is 0. The minimum Gasteiger partial charge on any atom is -0.490 e. The van der Waals surface area contributed by atoms with Gasteiger partial charge in [-0.15, -0.1) is 0 Å². The van der Waals surface area contributed by atoms with Crippen molar-refractivity contribution in [3.8, 4) is 5.75 Å². The van der Waals surface area contributed by atoms with Gasteiger partial charge >= 0.3 is 0 Å². The maximum absolute atomic E-state index is 5.73. The highest BCUT2D eigenvalue weighted by atomic mass is 127. The molecule has 0 amide bonds. The van der Waals surface area contributed by atoms with Gasteiger partial charge in [-0.3, -0.25) is 0 Å². The van der Waals surface area contributed by atoms with Crippen molar-refractivity contribution in [3.63, 3.8) is 0 Å². The Bertz CT molecular complexity index is 337. The Morgan fingerprint density at radius 3 is 3.13 bits per heavy atom. The third-order valence-electron chi connectivity index (χ3n) is 2.45. The molecule has 0 N–H and O–H groups in total. The van der Waals surface area contributed by atoms with Gasteiger partial charge in [-0.1, -0.05) is 0 Å². The van der Waals surface area contributed by atoms with Gasteiger partial charge in [-0.05, 0) is 48.1 Å². The van der Waals surface area contributed by atoms with Crippen LogP contribution in [0.1, 0.15) is 12.1 Å². The van der Waals surface area contributed by atoms with E-state index < -0.39 is 0 Å². The fraction of sp³-hybridized carbons (Fsp3) is 0.545. The molecule has 3 nitrogen and oxygen atoms in total. The van der Waals surface area contributed by atoms with Gasteiger partial charge in [0.25, 0.3) is 0 Å². The molecule has 1 aromatic rings. The first kappa shape index (κ1) is 11.1. The van der Waals surface area contributed by atoms with E-state index in [1.165, 1.54) is 0 Å². The Morgan fingerprint density at radius 1 is 1.60 bits per heavy atom. The van der Waals surface area contributed by atoms with Crippen LogP contribution in [0.15, 0.2) is 12.1 Å². The van der Waals surface area contributed by atoms with Crippen molar-refractivity contribution in [2.75, 3.05) is 19.8 Å². The monoisotopic (exact) mass is 319 g/mol. The van der Waals surface area contributed by atoms with Gasteiger partial charge in [-0.25, -0.2) is 4.98 Å². The fourth-order valence-electron chi connectivity index (χ4n) is 1.54. The molecular weight excluding hydrogens is 305 g/mol. The fourth-order valence-corrected chi connectivity index (χ4v) is 2.26. The van der Waals surface area contributed by atoms with E-state index in [-0.39, 0.29) is 0 Å². The van der Waals surface area contributed by atoms with Crippen LogP contribution < -0.4 is 4.74 Å². The maximum Gasteiger partial charge on any atom is 0.151 e. The third kappa shape index (κ3) is 3.04. The molecule has 0 radical (unpaired) electrons. The van der Waals surface area contributed by atoms with Gasteiger partial charge < -0.3 is 9.47 Å². The zero-order chi connectivity index (χ0) is 10.7. The molecule has 1 aliphatic rings. The van der Waals surface area contributed by atoms with Crippen LogP contribution in [-0.4, -0.2) is 24.8 Å². The lowest BCUT2D eigenvalue weighted by atomic mass is 10.1. The van der Waals surface area contributed by atoms with E-state index in [1.807, 2.05) is 19.1 Å². The summed E-state index contributed by atoms with van der Waals surface area (Å²) in [6.07, 6.45) is 1.11. The van der Waals surface area contributed by atoms with Crippen LogP contribution in [0.25, 0.3) is 0 Å². The minimum atomic E-state index is 0.544. The zero-order valence-corrected chi connectivity index (χ0v) is 10.9. The first-order valence-corrected chi connectivity index (χ1v) is 6.17. The summed E-state index contributed by atoms with van der Waals surface area (Å²) in [6, 6.07) is 3.96. The van der Waals surface area contributed by atoms with E-state index in [4.69, 9.17) is 9.47 Å². The van der Waals surface area contributed by atoms with E-state index in [2.05, 4.69) is 27.6 Å². The Hall–Kier alpha value is -0.360. The smallest absolute Gasteiger partial charge is 0.151 e. The molecule has 2 rings (SSSR count). The van der Waals surface area contributed by atoms with Crippen molar-refractivity contribution < 1.29 is 9.47 Å². The van der Waals surface area contributed by atoms with Crippen molar-refractivity contribution in [2.45, 2.75) is 13.3 Å². The highest BCUT2D eigenvalue weighted by Crippen LogP contribution is 2.21. The summed E-state index contributed by atoms with van der Waals surface area (Å²) in [6.45, 7) is 4.42. The van der Waals surface area contributed by atoms with E-state index in [0.717, 1.165) is 41.4 Å². The van der Waals surface area contributed by atoms with E-state index in [9.17, 15) is 0 Å². The lowest BCUT2D eigenvalue weighted by molar-refractivity contribution is 0.166. The van der Waals surface area contributed by atoms with Crippen LogP contribution in [0.3, 0.4) is 0 Å². The highest BCUT2D eigenvalue weighted by Gasteiger charge is 2.16. The summed E-state index contributed by atoms with van der Waals surface area (Å²) in [4.78, 5) is 4.35. The number of pyridine rings is 1. The summed E-state index contributed by atoms with van der Waals surface area (Å²) in [5.74, 6) is 1.43. The molecule has 1 atom stereocenters. The molecular formula is C11H14INO2. The first-order chi connectivity index (χ1) is 7.25. The van der Waals surface area contributed by atoms with E-state index >= 15 is 0 Å². The molecule has 1 aromatic heterocycles. The summed E-state index contributed by atoms with van der Waals surface area (Å²) in [7, 11) is 0. The Kier molecular flexibility index (Phi) is 3.80. The number of hydrogen-bond acceptors (Lipinski definition) is 3. The number of ether oxygens (including phenoxy) is 2. The predicted molar refractivity (Wildman–Crippen MR) is 66.1 cm³/mol. The number of hydrogen-bond donors (Lipinski definition) is 0. The SMILES string of the molecule is Cc1ccc(OCC2CCOC2)c(I)n1. The minimum absolute atomic E-state index is 0.544. The van der Waals surface area contributed by atoms with Crippen LogP contribution in [0.5, 0.6) is 5.75 Å². The molecule has 4 heteroatoms. The van der Waals surface area contributed by atoms with Crippen molar-refractivity contribution in [3.05, 3.63) is 21.5 Å². The van der Waals surface area contributed by atoms with Gasteiger partial charge in [0, 0.05) is 18.2 Å². The van der Waals surface area contributed by atoms with E-state index in [0.29, 0.717) is 5.92 Å². The number of aromatic nitrogens is 1. The molecule has 0 aromatic carbocycles. The maximum atomic E-state index is 5.73. The summed E-state index contributed by atoms with van der Waals surface area (Å²) < 4.78 is 12.0. The number of rotatable bonds is 3. The van der Waals surface area contributed by atoms with Crippen LogP contribution >= 0.6 is 22.6 Å². The molecule has 0 aliphatic carbocycles. The van der Waals surface area contributed by atoms with Crippen LogP contribution in [0.4, 0.5) is 0 Å². The summed E-state index contributed by atoms with van der Waals surface area (Å²) in [5.41, 5.74) is 1.02. The van der Waals surface area contributed by atoms with Gasteiger partial charge in [0.2, 0.25) is 0 Å². The van der Waals surface area contributed by atoms with Crippen molar-refractivity contribution in [1.82, 2.24) is 4.98 Å². The predicted octanol–water partition coefficient (Wildman–Crippen LogP) is 2.41. The van der Waals surface area contributed by atoms with Crippen molar-refractivity contribution in [1.29, 1.82) is 0 Å². The van der Waals surface area contributed by atoms with Gasteiger partial charge in [0.15, 0.2) is 5.75 Å². The molecule has 1 saturated heterocycles. The quantitative estimate of drug-likeness (QED) is 0.633. The summed E-state index contributed by atoms with van der Waals surface area (Å²) >= 11 is 2.21. The van der Waals surface area contributed by atoms with Gasteiger partial charge in [0.05, 0.1) is 13.2 Å². The topological polar surface area (TPSA) is 31.4 Å². The average Bonchev–Trinajstić information content (AvgIpc) is 2.69. The lowest BCUT2D eigenvalue weighted by Gasteiger charge is -2.11. The van der Waals surface area contributed by atoms with Crippen molar-refractivity contribution in [2.24, 2.45) is 5.92 Å². The molecule has 0 bridgehead atoms. The molecule has 1 fully saturated rings. The molecule has 15 heavy (non-hydrogen) atoms. The molecule has 2 heterocycles. The second kappa shape index (κ2) is 5.12. The number of halogens is 1. The van der Waals surface area contributed by atoms with Crippen molar-refractivity contribution >= 4 is 22.6 Å². The van der Waals surface area contributed by atoms with Crippen LogP contribution in [0.2, 0.25) is 0 Å². The van der Waals surface area contributed by atoms with Gasteiger partial charge in [0.1, 0.15) is 3.70 Å². The molecule has 0 spiro atoms. The van der Waals surface area contributed by atoms with Gasteiger partial charge in [-0.2, -0.15) is 0 Å². The largest absolute Gasteiger partial charge is 0.490 e. The Labute approximate surface area is 103 Å². The van der Waals surface area contributed by atoms with Crippen LogP contribution in [0, 0.1) is 16.5 Å². The number of aryl methyl sites for hydroxylation is 1. The van der Waals surface area contributed by atoms with E-state index in [1.54, 1.807) is 0 Å². The van der Waals surface area contributed by atoms with Crippen LogP contribution in [-0.2, 0) is 4.74 Å². The second-order valence-corrected chi connectivity index (χ2v) is 4.80. The number of nitrogens with zero attached hydrogens (tertiary/aromatic N) is 1. The average molecular weight is 319 g/mol. The third-order valence-corrected chi connectivity index (χ3v) is 3.23. The molecule has 1 aliphatic heterocycles. The lowest BCUT2D eigenvalue weighted by Crippen LogP contribution is -2.12. The second-order valence-electron chi connectivity index (χ2n) is 3.78. The molecule has 82 valence electrons.